The molecular formula is C22H14BrN3O7. The van der Waals surface area contributed by atoms with Gasteiger partial charge in [-0.3, -0.25) is 25.0 Å². The van der Waals surface area contributed by atoms with Crippen molar-refractivity contribution < 1.29 is 28.5 Å². The van der Waals surface area contributed by atoms with Gasteiger partial charge in [0.05, 0.1) is 29.4 Å². The predicted molar refractivity (Wildman–Crippen MR) is 120 cm³/mol. The van der Waals surface area contributed by atoms with E-state index in [2.05, 4.69) is 21.2 Å². The van der Waals surface area contributed by atoms with Crippen LogP contribution in [0.4, 0.5) is 16.2 Å². The largest absolute Gasteiger partial charge is 0.496 e. The molecule has 0 aliphatic carbocycles. The van der Waals surface area contributed by atoms with Crippen molar-refractivity contribution in [3.05, 3.63) is 80.5 Å². The summed E-state index contributed by atoms with van der Waals surface area (Å²) in [6.45, 7) is 0. The minimum atomic E-state index is -0.861. The van der Waals surface area contributed by atoms with Crippen LogP contribution < -0.4 is 15.0 Å². The number of nitrogens with zero attached hydrogens (tertiary/aromatic N) is 2. The van der Waals surface area contributed by atoms with Gasteiger partial charge in [-0.15, -0.1) is 0 Å². The number of imide groups is 2. The van der Waals surface area contributed by atoms with Gasteiger partial charge in [-0.1, -0.05) is 15.9 Å². The topological polar surface area (TPSA) is 132 Å². The first-order valence-corrected chi connectivity index (χ1v) is 10.2. The number of furan rings is 1. The van der Waals surface area contributed by atoms with Crippen molar-refractivity contribution in [1.82, 2.24) is 5.32 Å². The SMILES string of the molecule is COc1cc([N+](=O)[O-])ccc1-c1ccc(/C=C2\C(=O)NC(=O)N(c3ccc(Br)cc3)C2=O)o1. The van der Waals surface area contributed by atoms with Gasteiger partial charge in [-0.2, -0.15) is 0 Å². The highest BCUT2D eigenvalue weighted by atomic mass is 79.9. The molecule has 10 nitrogen and oxygen atoms in total. The van der Waals surface area contributed by atoms with E-state index in [0.29, 0.717) is 11.3 Å². The monoisotopic (exact) mass is 511 g/mol. The van der Waals surface area contributed by atoms with Crippen LogP contribution in [0.15, 0.2) is 69.1 Å². The molecule has 4 rings (SSSR count). The summed E-state index contributed by atoms with van der Waals surface area (Å²) in [4.78, 5) is 48.9. The summed E-state index contributed by atoms with van der Waals surface area (Å²) in [5, 5.41) is 13.1. The van der Waals surface area contributed by atoms with E-state index in [-0.39, 0.29) is 28.5 Å². The smallest absolute Gasteiger partial charge is 0.335 e. The first kappa shape index (κ1) is 22.0. The molecule has 1 fully saturated rings. The lowest BCUT2D eigenvalue weighted by atomic mass is 10.1. The van der Waals surface area contributed by atoms with E-state index < -0.39 is 22.8 Å². The molecule has 1 N–H and O–H groups in total. The molecule has 2 aromatic carbocycles. The second kappa shape index (κ2) is 8.71. The fourth-order valence-electron chi connectivity index (χ4n) is 3.20. The number of nitro benzene ring substituents is 1. The molecule has 11 heteroatoms. The van der Waals surface area contributed by atoms with E-state index in [0.717, 1.165) is 9.37 Å². The zero-order valence-electron chi connectivity index (χ0n) is 16.9. The Morgan fingerprint density at radius 1 is 1.09 bits per heavy atom. The lowest BCUT2D eigenvalue weighted by molar-refractivity contribution is -0.384. The fourth-order valence-corrected chi connectivity index (χ4v) is 3.46. The number of carbonyl (C=O) groups is 3. The number of nitro groups is 1. The van der Waals surface area contributed by atoms with E-state index in [9.17, 15) is 24.5 Å². The number of methoxy groups -OCH3 is 1. The lowest BCUT2D eigenvalue weighted by Gasteiger charge is -2.26. The molecular weight excluding hydrogens is 498 g/mol. The van der Waals surface area contributed by atoms with Crippen molar-refractivity contribution in [2.45, 2.75) is 0 Å². The van der Waals surface area contributed by atoms with Gasteiger partial charge in [0.1, 0.15) is 22.8 Å². The molecule has 0 atom stereocenters. The standard InChI is InChI=1S/C22H14BrN3O7/c1-32-19-10-14(26(30)31)6-8-16(19)18-9-7-15(33-18)11-17-20(27)24-22(29)25(21(17)28)13-4-2-12(23)3-5-13/h2-11H,1H3,(H,24,27,29)/b17-11+. The highest BCUT2D eigenvalue weighted by Crippen LogP contribution is 2.35. The maximum absolute atomic E-state index is 13.0. The van der Waals surface area contributed by atoms with Gasteiger partial charge < -0.3 is 9.15 Å². The normalized spacial score (nSPS) is 15.0. The molecule has 33 heavy (non-hydrogen) atoms. The molecule has 0 radical (unpaired) electrons. The maximum atomic E-state index is 13.0. The zero-order chi connectivity index (χ0) is 23.7. The lowest BCUT2D eigenvalue weighted by Crippen LogP contribution is -2.54. The Morgan fingerprint density at radius 2 is 1.82 bits per heavy atom. The molecule has 3 aromatic rings. The number of urea groups is 1. The van der Waals surface area contributed by atoms with E-state index in [1.54, 1.807) is 30.3 Å². The van der Waals surface area contributed by atoms with Crippen LogP contribution in [0.3, 0.4) is 0 Å². The molecule has 1 aliphatic rings. The molecule has 0 spiro atoms. The second-order valence-electron chi connectivity index (χ2n) is 6.78. The summed E-state index contributed by atoms with van der Waals surface area (Å²) in [7, 11) is 1.37. The number of rotatable bonds is 5. The summed E-state index contributed by atoms with van der Waals surface area (Å²) < 4.78 is 11.7. The molecule has 4 amide bonds. The van der Waals surface area contributed by atoms with E-state index in [1.807, 2.05) is 0 Å². The Hall–Kier alpha value is -4.25. The summed E-state index contributed by atoms with van der Waals surface area (Å²) >= 11 is 3.28. The Bertz CT molecular complexity index is 1330. The molecule has 0 saturated carbocycles. The van der Waals surface area contributed by atoms with E-state index in [4.69, 9.17) is 9.15 Å². The number of benzene rings is 2. The molecule has 1 aromatic heterocycles. The molecule has 1 aliphatic heterocycles. The van der Waals surface area contributed by atoms with Crippen molar-refractivity contribution >= 4 is 51.2 Å². The second-order valence-corrected chi connectivity index (χ2v) is 7.69. The first-order valence-electron chi connectivity index (χ1n) is 9.38. The van der Waals surface area contributed by atoms with Gasteiger partial charge in [0.15, 0.2) is 0 Å². The number of hydrogen-bond donors (Lipinski definition) is 1. The first-order chi connectivity index (χ1) is 15.8. The third-order valence-corrected chi connectivity index (χ3v) is 5.29. The number of halogens is 1. The van der Waals surface area contributed by atoms with Crippen molar-refractivity contribution in [3.8, 4) is 17.1 Å². The highest BCUT2D eigenvalue weighted by Gasteiger charge is 2.37. The molecule has 0 unspecified atom stereocenters. The van der Waals surface area contributed by atoms with Crippen LogP contribution in [0.5, 0.6) is 5.75 Å². The molecule has 0 bridgehead atoms. The highest BCUT2D eigenvalue weighted by molar-refractivity contribution is 9.10. The summed E-state index contributed by atoms with van der Waals surface area (Å²) in [6.07, 6.45) is 1.22. The molecule has 166 valence electrons. The van der Waals surface area contributed by atoms with Crippen LogP contribution >= 0.6 is 15.9 Å². The minimum Gasteiger partial charge on any atom is -0.496 e. The molecule has 1 saturated heterocycles. The average Bonchev–Trinajstić information content (AvgIpc) is 3.25. The van der Waals surface area contributed by atoms with Crippen molar-refractivity contribution in [2.75, 3.05) is 12.0 Å². The number of hydrogen-bond acceptors (Lipinski definition) is 7. The van der Waals surface area contributed by atoms with Gasteiger partial charge >= 0.3 is 6.03 Å². The van der Waals surface area contributed by atoms with Crippen molar-refractivity contribution in [1.29, 1.82) is 0 Å². The number of ether oxygens (including phenoxy) is 1. The third kappa shape index (κ3) is 4.26. The predicted octanol–water partition coefficient (Wildman–Crippen LogP) is 4.29. The van der Waals surface area contributed by atoms with Crippen LogP contribution in [-0.2, 0) is 9.59 Å². The van der Waals surface area contributed by atoms with Gasteiger partial charge in [0.25, 0.3) is 17.5 Å². The Kier molecular flexibility index (Phi) is 5.80. The number of amides is 4. The maximum Gasteiger partial charge on any atom is 0.335 e. The summed E-state index contributed by atoms with van der Waals surface area (Å²) in [5.41, 5.74) is 0.287. The molecule has 2 heterocycles. The quantitative estimate of drug-likeness (QED) is 0.233. The Morgan fingerprint density at radius 3 is 2.48 bits per heavy atom. The van der Waals surface area contributed by atoms with E-state index in [1.165, 1.54) is 37.5 Å². The van der Waals surface area contributed by atoms with Crippen LogP contribution in [0, 0.1) is 10.1 Å². The zero-order valence-corrected chi connectivity index (χ0v) is 18.5. The number of non-ortho nitro benzene ring substituents is 1. The van der Waals surface area contributed by atoms with Crippen molar-refractivity contribution in [3.63, 3.8) is 0 Å². The number of nitrogens with one attached hydrogen (secondary N) is 1. The van der Waals surface area contributed by atoms with Gasteiger partial charge in [-0.25, -0.2) is 9.69 Å². The van der Waals surface area contributed by atoms with Crippen LogP contribution in [0.25, 0.3) is 17.4 Å². The number of anilines is 1. The fraction of sp³-hybridized carbons (Fsp3) is 0.0455. The Balaban J connectivity index is 1.67. The van der Waals surface area contributed by atoms with Gasteiger partial charge in [-0.05, 0) is 48.5 Å². The minimum absolute atomic E-state index is 0.147. The van der Waals surface area contributed by atoms with E-state index >= 15 is 0 Å². The third-order valence-electron chi connectivity index (χ3n) is 4.76. The summed E-state index contributed by atoms with van der Waals surface area (Å²) in [5.74, 6) is -0.982. The van der Waals surface area contributed by atoms with Crippen LogP contribution in [0.1, 0.15) is 5.76 Å². The van der Waals surface area contributed by atoms with Gasteiger partial charge in [0, 0.05) is 10.5 Å². The van der Waals surface area contributed by atoms with Gasteiger partial charge in [0.2, 0.25) is 0 Å². The Labute approximate surface area is 194 Å². The summed E-state index contributed by atoms with van der Waals surface area (Å²) in [6, 6.07) is 12.7. The van der Waals surface area contributed by atoms with Crippen molar-refractivity contribution in [2.24, 2.45) is 0 Å². The van der Waals surface area contributed by atoms with Crippen LogP contribution in [-0.4, -0.2) is 29.9 Å². The number of barbiturate groups is 1. The van der Waals surface area contributed by atoms with Crippen LogP contribution in [0.2, 0.25) is 0 Å². The number of carbonyl (C=O) groups excluding carboxylic acids is 3. The average molecular weight is 512 g/mol.